The first-order valence-electron chi connectivity index (χ1n) is 29.4. The molecule has 76 heavy (non-hydrogen) atoms. The Morgan fingerprint density at radius 3 is 0.855 bits per heavy atom. The number of carbonyl (C=O) groups is 3. The van der Waals surface area contributed by atoms with Crippen molar-refractivity contribution in [2.45, 2.75) is 213 Å². The van der Waals surface area contributed by atoms with E-state index in [4.69, 9.17) is 14.2 Å². The molecule has 0 amide bonds. The Kier molecular flexibility index (Phi) is 57.1. The maximum Gasteiger partial charge on any atom is 0.306 e. The normalized spacial score (nSPS) is 13.6. The Bertz CT molecular complexity index is 1870. The summed E-state index contributed by atoms with van der Waals surface area (Å²) >= 11 is 0. The summed E-state index contributed by atoms with van der Waals surface area (Å²) in [5.74, 6) is -1.09. The van der Waals surface area contributed by atoms with Crippen LogP contribution in [-0.4, -0.2) is 37.2 Å². The number of rotatable bonds is 50. The summed E-state index contributed by atoms with van der Waals surface area (Å²) in [6.07, 6.45) is 94.8. The maximum atomic E-state index is 12.8. The molecular weight excluding hydrogens is 937 g/mol. The smallest absolute Gasteiger partial charge is 0.306 e. The molecule has 6 heteroatoms. The molecule has 0 bridgehead atoms. The minimum absolute atomic E-state index is 0.132. The Balaban J connectivity index is 4.35. The van der Waals surface area contributed by atoms with Crippen LogP contribution in [0, 0.1) is 0 Å². The summed E-state index contributed by atoms with van der Waals surface area (Å²) in [5.41, 5.74) is 0. The lowest BCUT2D eigenvalue weighted by molar-refractivity contribution is -0.166. The van der Waals surface area contributed by atoms with Crippen molar-refractivity contribution in [2.75, 3.05) is 13.2 Å². The molecule has 0 aromatic rings. The molecule has 0 radical (unpaired) electrons. The molecule has 0 aromatic heterocycles. The molecule has 0 fully saturated rings. The SMILES string of the molecule is CC/C=C\C/C=C\C/C=C\C/C=C\C/C=C\C/C=C\C/C=C\C/C=C\C/C=C\C/C=C\CCCCC(=O)OCC(COC(=O)CCCCCCCC)OC(=O)CC/C=C\C/C=C\C/C=C\C/C=C\C/C=C\C/C=C\CC. The van der Waals surface area contributed by atoms with Crippen molar-refractivity contribution in [1.29, 1.82) is 0 Å². The predicted molar refractivity (Wildman–Crippen MR) is 329 cm³/mol. The fourth-order valence-corrected chi connectivity index (χ4v) is 7.02. The number of unbranched alkanes of at least 4 members (excludes halogenated alkanes) is 7. The van der Waals surface area contributed by atoms with E-state index in [1.165, 1.54) is 19.3 Å². The molecule has 0 rings (SSSR count). The predicted octanol–water partition coefficient (Wildman–Crippen LogP) is 20.3. The van der Waals surface area contributed by atoms with Crippen LogP contribution in [0.2, 0.25) is 0 Å². The zero-order valence-corrected chi connectivity index (χ0v) is 47.9. The molecule has 0 aromatic carbocycles. The van der Waals surface area contributed by atoms with Gasteiger partial charge in [-0.25, -0.2) is 0 Å². The van der Waals surface area contributed by atoms with Crippen molar-refractivity contribution in [3.8, 4) is 0 Å². The highest BCUT2D eigenvalue weighted by atomic mass is 16.6. The highest BCUT2D eigenvalue weighted by Gasteiger charge is 2.19. The van der Waals surface area contributed by atoms with Gasteiger partial charge in [-0.05, 0) is 135 Å². The highest BCUT2D eigenvalue weighted by molar-refractivity contribution is 5.71. The molecule has 0 N–H and O–H groups in total. The van der Waals surface area contributed by atoms with Gasteiger partial charge in [0.15, 0.2) is 6.10 Å². The van der Waals surface area contributed by atoms with E-state index in [0.717, 1.165) is 135 Å². The van der Waals surface area contributed by atoms with Gasteiger partial charge in [-0.3, -0.25) is 14.4 Å². The van der Waals surface area contributed by atoms with Crippen molar-refractivity contribution in [1.82, 2.24) is 0 Å². The van der Waals surface area contributed by atoms with Crippen LogP contribution in [-0.2, 0) is 28.6 Å². The van der Waals surface area contributed by atoms with Crippen molar-refractivity contribution >= 4 is 17.9 Å². The van der Waals surface area contributed by atoms with Crippen LogP contribution in [0.4, 0.5) is 0 Å². The van der Waals surface area contributed by atoms with Gasteiger partial charge < -0.3 is 14.2 Å². The molecule has 0 saturated carbocycles. The van der Waals surface area contributed by atoms with Gasteiger partial charge in [0.25, 0.3) is 0 Å². The molecule has 1 atom stereocenters. The standard InChI is InChI=1S/C70H104O6/c1-4-7-10-13-16-18-20-22-24-26-28-29-30-31-32-33-34-35-36-37-38-39-40-41-43-44-46-48-50-52-54-57-60-63-69(72)75-66-67(65-74-68(71)62-59-56-15-12-9-6-3)76-70(73)64-61-58-55-53-51-49-47-45-42-27-25-23-21-19-17-14-11-8-5-2/h7-8,10-11,16-19,22-25,28-29,31-32,34-35,37-38,40-42,44-46,49-52,55,58,67H,4-6,9,12-15,20-21,26-27,30,33,36,39,43,47-48,53-54,56-57,59-66H2,1-3H3/b10-7-,11-8-,18-16-,19-17-,24-22-,25-23-,29-28-,32-31-,35-34-,38-37-,41-40-,45-42-,46-44-,51-49-,52-50-,58-55-. The second-order valence-corrected chi connectivity index (χ2v) is 18.4. The average molecular weight is 1040 g/mol. The Labute approximate surface area is 465 Å². The monoisotopic (exact) mass is 1040 g/mol. The summed E-state index contributed by atoms with van der Waals surface area (Å²) in [7, 11) is 0. The third kappa shape index (κ3) is 59.1. The number of allylic oxidation sites excluding steroid dienone is 32. The number of hydrogen-bond acceptors (Lipinski definition) is 6. The molecule has 0 aliphatic rings. The summed E-state index contributed by atoms with van der Waals surface area (Å²) in [4.78, 5) is 37.8. The third-order valence-corrected chi connectivity index (χ3v) is 11.4. The van der Waals surface area contributed by atoms with Crippen LogP contribution < -0.4 is 0 Å². The van der Waals surface area contributed by atoms with Crippen LogP contribution in [0.3, 0.4) is 0 Å². The van der Waals surface area contributed by atoms with Gasteiger partial charge in [0, 0.05) is 19.3 Å². The zero-order chi connectivity index (χ0) is 55.0. The first-order chi connectivity index (χ1) is 37.5. The van der Waals surface area contributed by atoms with Crippen LogP contribution in [0.1, 0.15) is 207 Å². The minimum atomic E-state index is -0.844. The molecule has 0 saturated heterocycles. The van der Waals surface area contributed by atoms with Crippen LogP contribution in [0.25, 0.3) is 0 Å². The lowest BCUT2D eigenvalue weighted by Crippen LogP contribution is -2.30. The van der Waals surface area contributed by atoms with Gasteiger partial charge in [-0.1, -0.05) is 247 Å². The van der Waals surface area contributed by atoms with Gasteiger partial charge in [-0.2, -0.15) is 0 Å². The molecule has 0 spiro atoms. The average Bonchev–Trinajstić information content (AvgIpc) is 3.42. The molecule has 0 aliphatic carbocycles. The van der Waals surface area contributed by atoms with E-state index in [9.17, 15) is 14.4 Å². The van der Waals surface area contributed by atoms with Crippen molar-refractivity contribution in [3.05, 3.63) is 194 Å². The fraction of sp³-hybridized carbons (Fsp3) is 0.500. The van der Waals surface area contributed by atoms with E-state index >= 15 is 0 Å². The topological polar surface area (TPSA) is 78.9 Å². The third-order valence-electron chi connectivity index (χ3n) is 11.4. The van der Waals surface area contributed by atoms with E-state index in [1.54, 1.807) is 0 Å². The van der Waals surface area contributed by atoms with Gasteiger partial charge in [0.1, 0.15) is 13.2 Å². The van der Waals surface area contributed by atoms with E-state index in [-0.39, 0.29) is 38.0 Å². The molecule has 1 unspecified atom stereocenters. The second kappa shape index (κ2) is 61.8. The highest BCUT2D eigenvalue weighted by Crippen LogP contribution is 2.10. The van der Waals surface area contributed by atoms with E-state index in [0.29, 0.717) is 19.3 Å². The lowest BCUT2D eigenvalue weighted by Gasteiger charge is -2.18. The van der Waals surface area contributed by atoms with E-state index in [2.05, 4.69) is 203 Å². The van der Waals surface area contributed by atoms with Crippen LogP contribution in [0.15, 0.2) is 194 Å². The van der Waals surface area contributed by atoms with Gasteiger partial charge >= 0.3 is 17.9 Å². The molecule has 6 nitrogen and oxygen atoms in total. The maximum absolute atomic E-state index is 12.8. The summed E-state index contributed by atoms with van der Waals surface area (Å²) < 4.78 is 16.6. The van der Waals surface area contributed by atoms with Crippen LogP contribution in [0.5, 0.6) is 0 Å². The molecule has 0 aliphatic heterocycles. The van der Waals surface area contributed by atoms with Gasteiger partial charge in [0.2, 0.25) is 0 Å². The summed E-state index contributed by atoms with van der Waals surface area (Å²) in [6, 6.07) is 0. The van der Waals surface area contributed by atoms with Crippen LogP contribution >= 0.6 is 0 Å². The van der Waals surface area contributed by atoms with Gasteiger partial charge in [0.05, 0.1) is 0 Å². The Morgan fingerprint density at radius 2 is 0.539 bits per heavy atom. The van der Waals surface area contributed by atoms with E-state index in [1.807, 2.05) is 12.2 Å². The van der Waals surface area contributed by atoms with Gasteiger partial charge in [-0.15, -0.1) is 0 Å². The molecule has 420 valence electrons. The minimum Gasteiger partial charge on any atom is -0.462 e. The Morgan fingerprint density at radius 1 is 0.276 bits per heavy atom. The summed E-state index contributed by atoms with van der Waals surface area (Å²) in [5, 5.41) is 0. The lowest BCUT2D eigenvalue weighted by atomic mass is 10.1. The van der Waals surface area contributed by atoms with Crippen molar-refractivity contribution in [3.63, 3.8) is 0 Å². The Hall–Kier alpha value is -5.75. The quantitative estimate of drug-likeness (QED) is 0.0261. The number of ether oxygens (including phenoxy) is 3. The number of esters is 3. The number of hydrogen-bond donors (Lipinski definition) is 0. The first kappa shape index (κ1) is 70.2. The molecule has 0 heterocycles. The van der Waals surface area contributed by atoms with Crippen molar-refractivity contribution in [2.24, 2.45) is 0 Å². The second-order valence-electron chi connectivity index (χ2n) is 18.4. The molecular formula is C70H104O6. The zero-order valence-electron chi connectivity index (χ0n) is 47.9. The van der Waals surface area contributed by atoms with Crippen molar-refractivity contribution < 1.29 is 28.6 Å². The largest absolute Gasteiger partial charge is 0.462 e. The first-order valence-corrected chi connectivity index (χ1v) is 29.4. The fourth-order valence-electron chi connectivity index (χ4n) is 7.02. The number of carbonyl (C=O) groups excluding carboxylic acids is 3. The summed E-state index contributed by atoms with van der Waals surface area (Å²) in [6.45, 7) is 6.21. The van der Waals surface area contributed by atoms with E-state index < -0.39 is 12.1 Å².